The molecule has 1 saturated carbocycles. The minimum absolute atomic E-state index is 0.199. The maximum absolute atomic E-state index is 11.9. The third kappa shape index (κ3) is 2.75. The quantitative estimate of drug-likeness (QED) is 0.678. The smallest absolute Gasteiger partial charge is 0.160 e. The Morgan fingerprint density at radius 3 is 2.32 bits per heavy atom. The number of rotatable bonds is 3. The van der Waals surface area contributed by atoms with Gasteiger partial charge in [-0.2, -0.15) is 0 Å². The van der Waals surface area contributed by atoms with Crippen LogP contribution in [-0.4, -0.2) is 5.78 Å². The highest BCUT2D eigenvalue weighted by molar-refractivity contribution is 5.96. The van der Waals surface area contributed by atoms with Crippen LogP contribution in [0.4, 0.5) is 0 Å². The molecule has 0 N–H and O–H groups in total. The Balaban J connectivity index is 2.56. The summed E-state index contributed by atoms with van der Waals surface area (Å²) in [5, 5.41) is 0. The Morgan fingerprint density at radius 1 is 1.16 bits per heavy atom. The van der Waals surface area contributed by atoms with Crippen molar-refractivity contribution in [2.24, 2.45) is 0 Å². The molecule has 1 aromatic rings. The Bertz CT molecular complexity index is 465. The fraction of sp³-hybridized carbons (Fsp3) is 0.611. The van der Waals surface area contributed by atoms with Crippen LogP contribution in [0.15, 0.2) is 18.2 Å². The second-order valence-corrected chi connectivity index (χ2v) is 6.60. The molecule has 104 valence electrons. The van der Waals surface area contributed by atoms with Crippen molar-refractivity contribution in [1.29, 1.82) is 0 Å². The fourth-order valence-electron chi connectivity index (χ4n) is 3.62. The van der Waals surface area contributed by atoms with Gasteiger partial charge in [0.2, 0.25) is 0 Å². The van der Waals surface area contributed by atoms with Gasteiger partial charge in [0.05, 0.1) is 0 Å². The molecule has 0 atom stereocenters. The zero-order valence-corrected chi connectivity index (χ0v) is 12.8. The summed E-state index contributed by atoms with van der Waals surface area (Å²) in [4.78, 5) is 11.9. The van der Waals surface area contributed by atoms with Gasteiger partial charge in [-0.15, -0.1) is 0 Å². The third-order valence-electron chi connectivity index (χ3n) is 4.67. The highest BCUT2D eigenvalue weighted by atomic mass is 16.1. The SMILES string of the molecule is CC(=O)c1cccc(C2(C)CCCCC2)c1C(C)C. The van der Waals surface area contributed by atoms with Crippen molar-refractivity contribution in [2.45, 2.75) is 71.1 Å². The molecular weight excluding hydrogens is 232 g/mol. The van der Waals surface area contributed by atoms with E-state index < -0.39 is 0 Å². The molecule has 0 saturated heterocycles. The van der Waals surface area contributed by atoms with Crippen LogP contribution in [0.25, 0.3) is 0 Å². The van der Waals surface area contributed by atoms with Crippen LogP contribution in [0.3, 0.4) is 0 Å². The third-order valence-corrected chi connectivity index (χ3v) is 4.67. The monoisotopic (exact) mass is 258 g/mol. The standard InChI is InChI=1S/C18H26O/c1-13(2)17-15(14(3)19)9-8-10-16(17)18(4)11-6-5-7-12-18/h8-10,13H,5-7,11-12H2,1-4H3. The van der Waals surface area contributed by atoms with Crippen LogP contribution in [-0.2, 0) is 5.41 Å². The average molecular weight is 258 g/mol. The van der Waals surface area contributed by atoms with Gasteiger partial charge in [0, 0.05) is 5.56 Å². The van der Waals surface area contributed by atoms with Gasteiger partial charge < -0.3 is 0 Å². The summed E-state index contributed by atoms with van der Waals surface area (Å²) in [6.45, 7) is 8.49. The fourth-order valence-corrected chi connectivity index (χ4v) is 3.62. The average Bonchev–Trinajstić information content (AvgIpc) is 2.38. The van der Waals surface area contributed by atoms with E-state index in [9.17, 15) is 4.79 Å². The summed E-state index contributed by atoms with van der Waals surface area (Å²) in [7, 11) is 0. The van der Waals surface area contributed by atoms with Crippen molar-refractivity contribution < 1.29 is 4.79 Å². The summed E-state index contributed by atoms with van der Waals surface area (Å²) >= 11 is 0. The predicted molar refractivity (Wildman–Crippen MR) is 81.0 cm³/mol. The van der Waals surface area contributed by atoms with Crippen molar-refractivity contribution in [3.05, 3.63) is 34.9 Å². The molecule has 1 fully saturated rings. The number of carbonyl (C=O) groups excluding carboxylic acids is 1. The molecule has 0 aliphatic heterocycles. The van der Waals surface area contributed by atoms with E-state index in [1.165, 1.54) is 43.2 Å². The second kappa shape index (κ2) is 5.48. The molecule has 1 aromatic carbocycles. The summed E-state index contributed by atoms with van der Waals surface area (Å²) in [6.07, 6.45) is 6.51. The molecule has 0 unspecified atom stereocenters. The molecule has 1 heteroatoms. The van der Waals surface area contributed by atoms with Crippen LogP contribution < -0.4 is 0 Å². The highest BCUT2D eigenvalue weighted by Gasteiger charge is 2.32. The minimum Gasteiger partial charge on any atom is -0.295 e. The summed E-state index contributed by atoms with van der Waals surface area (Å²) in [5.41, 5.74) is 3.91. The van der Waals surface area contributed by atoms with Crippen LogP contribution in [0.2, 0.25) is 0 Å². The van der Waals surface area contributed by atoms with Gasteiger partial charge in [-0.1, -0.05) is 58.2 Å². The van der Waals surface area contributed by atoms with Crippen LogP contribution in [0.1, 0.15) is 87.2 Å². The van der Waals surface area contributed by atoms with E-state index in [2.05, 4.69) is 32.9 Å². The molecule has 19 heavy (non-hydrogen) atoms. The van der Waals surface area contributed by atoms with Gasteiger partial charge >= 0.3 is 0 Å². The topological polar surface area (TPSA) is 17.1 Å². The number of benzene rings is 1. The molecule has 0 amide bonds. The van der Waals surface area contributed by atoms with Gasteiger partial charge in [0.25, 0.3) is 0 Å². The van der Waals surface area contributed by atoms with E-state index in [4.69, 9.17) is 0 Å². The van der Waals surface area contributed by atoms with Crippen molar-refractivity contribution in [3.8, 4) is 0 Å². The van der Waals surface area contributed by atoms with E-state index in [1.807, 2.05) is 6.07 Å². The number of Topliss-reactive ketones (excluding diaryl/α,β-unsaturated/α-hetero) is 1. The molecule has 0 aromatic heterocycles. The summed E-state index contributed by atoms with van der Waals surface area (Å²) in [5.74, 6) is 0.610. The van der Waals surface area contributed by atoms with Crippen LogP contribution in [0.5, 0.6) is 0 Å². The number of carbonyl (C=O) groups is 1. The van der Waals surface area contributed by atoms with Gasteiger partial charge in [0.1, 0.15) is 0 Å². The Kier molecular flexibility index (Phi) is 4.13. The zero-order chi connectivity index (χ0) is 14.0. The first-order valence-corrected chi connectivity index (χ1v) is 7.60. The summed E-state index contributed by atoms with van der Waals surface area (Å²) < 4.78 is 0. The first kappa shape index (κ1) is 14.3. The lowest BCUT2D eigenvalue weighted by Crippen LogP contribution is -2.27. The van der Waals surface area contributed by atoms with E-state index in [0.717, 1.165) is 5.56 Å². The van der Waals surface area contributed by atoms with E-state index in [0.29, 0.717) is 5.92 Å². The molecule has 2 rings (SSSR count). The zero-order valence-electron chi connectivity index (χ0n) is 12.8. The van der Waals surface area contributed by atoms with Crippen molar-refractivity contribution in [2.75, 3.05) is 0 Å². The van der Waals surface area contributed by atoms with Crippen LogP contribution in [0, 0.1) is 0 Å². The molecule has 0 bridgehead atoms. The highest BCUT2D eigenvalue weighted by Crippen LogP contribution is 2.42. The first-order chi connectivity index (χ1) is 8.96. The lowest BCUT2D eigenvalue weighted by Gasteiger charge is -2.37. The summed E-state index contributed by atoms with van der Waals surface area (Å²) in [6, 6.07) is 6.32. The van der Waals surface area contributed by atoms with Crippen molar-refractivity contribution in [1.82, 2.24) is 0 Å². The van der Waals surface area contributed by atoms with E-state index in [-0.39, 0.29) is 11.2 Å². The van der Waals surface area contributed by atoms with Crippen molar-refractivity contribution >= 4 is 5.78 Å². The number of ketones is 1. The lowest BCUT2D eigenvalue weighted by molar-refractivity contribution is 0.101. The van der Waals surface area contributed by atoms with Gasteiger partial charge in [0.15, 0.2) is 5.78 Å². The normalized spacial score (nSPS) is 18.6. The molecule has 1 aliphatic carbocycles. The minimum atomic E-state index is 0.199. The molecule has 0 spiro atoms. The maximum Gasteiger partial charge on any atom is 0.160 e. The van der Waals surface area contributed by atoms with E-state index in [1.54, 1.807) is 6.92 Å². The van der Waals surface area contributed by atoms with Crippen LogP contribution >= 0.6 is 0 Å². The molecule has 0 radical (unpaired) electrons. The molecule has 0 heterocycles. The van der Waals surface area contributed by atoms with Crippen molar-refractivity contribution in [3.63, 3.8) is 0 Å². The predicted octanol–water partition coefficient (Wildman–Crippen LogP) is 5.23. The molecule has 1 nitrogen and oxygen atoms in total. The van der Waals surface area contributed by atoms with Gasteiger partial charge in [-0.3, -0.25) is 4.79 Å². The van der Waals surface area contributed by atoms with Gasteiger partial charge in [-0.05, 0) is 42.2 Å². The Labute approximate surface area is 117 Å². The Hall–Kier alpha value is -1.11. The second-order valence-electron chi connectivity index (χ2n) is 6.60. The molecule has 1 aliphatic rings. The van der Waals surface area contributed by atoms with Gasteiger partial charge in [-0.25, -0.2) is 0 Å². The largest absolute Gasteiger partial charge is 0.295 e. The Morgan fingerprint density at radius 2 is 1.79 bits per heavy atom. The number of hydrogen-bond donors (Lipinski definition) is 0. The van der Waals surface area contributed by atoms with E-state index >= 15 is 0 Å². The lowest BCUT2D eigenvalue weighted by atomic mass is 9.68. The first-order valence-electron chi connectivity index (χ1n) is 7.60. The maximum atomic E-state index is 11.9. The molecular formula is C18H26O. The number of hydrogen-bond acceptors (Lipinski definition) is 1.